The minimum Gasteiger partial charge on any atom is -0.463 e. The standard InChI is InChI=1S/C11H13BrN2O/c1-7(2)10-8(6-12)11(14-13-10)9-4-3-5-15-9/h3-5,7H,6H2,1-2H3,(H,13,14). The van der Waals surface area contributed by atoms with Crippen molar-refractivity contribution in [1.29, 1.82) is 0 Å². The van der Waals surface area contributed by atoms with E-state index in [9.17, 15) is 0 Å². The third-order valence-electron chi connectivity index (χ3n) is 2.36. The predicted octanol–water partition coefficient (Wildman–Crippen LogP) is 3.69. The summed E-state index contributed by atoms with van der Waals surface area (Å²) in [4.78, 5) is 0. The minimum absolute atomic E-state index is 0.439. The molecule has 1 N–H and O–H groups in total. The van der Waals surface area contributed by atoms with Crippen LogP contribution in [0.5, 0.6) is 0 Å². The topological polar surface area (TPSA) is 41.8 Å². The van der Waals surface area contributed by atoms with Crippen LogP contribution in [0.3, 0.4) is 0 Å². The van der Waals surface area contributed by atoms with Gasteiger partial charge in [0.15, 0.2) is 5.76 Å². The molecule has 3 nitrogen and oxygen atoms in total. The van der Waals surface area contributed by atoms with Crippen molar-refractivity contribution >= 4 is 15.9 Å². The van der Waals surface area contributed by atoms with Crippen molar-refractivity contribution < 1.29 is 4.42 Å². The molecule has 0 fully saturated rings. The molecule has 0 atom stereocenters. The highest BCUT2D eigenvalue weighted by molar-refractivity contribution is 9.08. The third kappa shape index (κ3) is 1.86. The van der Waals surface area contributed by atoms with Crippen LogP contribution >= 0.6 is 15.9 Å². The molecule has 2 aromatic heterocycles. The number of halogens is 1. The van der Waals surface area contributed by atoms with Gasteiger partial charge in [-0.25, -0.2) is 0 Å². The van der Waals surface area contributed by atoms with Crippen LogP contribution in [-0.2, 0) is 5.33 Å². The second kappa shape index (κ2) is 4.23. The van der Waals surface area contributed by atoms with Crippen LogP contribution in [0.4, 0.5) is 0 Å². The number of nitrogens with one attached hydrogen (secondary N) is 1. The number of rotatable bonds is 3. The summed E-state index contributed by atoms with van der Waals surface area (Å²) in [6.45, 7) is 4.29. The van der Waals surface area contributed by atoms with Gasteiger partial charge in [0.1, 0.15) is 5.69 Å². The van der Waals surface area contributed by atoms with Crippen LogP contribution in [0.1, 0.15) is 31.0 Å². The lowest BCUT2D eigenvalue weighted by Crippen LogP contribution is -1.92. The largest absolute Gasteiger partial charge is 0.463 e. The molecule has 2 aromatic rings. The van der Waals surface area contributed by atoms with Crippen LogP contribution in [0, 0.1) is 0 Å². The molecule has 15 heavy (non-hydrogen) atoms. The average molecular weight is 269 g/mol. The van der Waals surface area contributed by atoms with Gasteiger partial charge in [-0.05, 0) is 18.1 Å². The Morgan fingerprint density at radius 1 is 1.53 bits per heavy atom. The van der Waals surface area contributed by atoms with E-state index in [1.807, 2.05) is 12.1 Å². The van der Waals surface area contributed by atoms with E-state index in [1.54, 1.807) is 6.26 Å². The minimum atomic E-state index is 0.439. The Labute approximate surface area is 97.0 Å². The highest BCUT2D eigenvalue weighted by atomic mass is 79.9. The summed E-state index contributed by atoms with van der Waals surface area (Å²) in [6, 6.07) is 3.80. The van der Waals surface area contributed by atoms with Gasteiger partial charge in [0, 0.05) is 16.6 Å². The lowest BCUT2D eigenvalue weighted by atomic mass is 10.0. The Hall–Kier alpha value is -1.03. The van der Waals surface area contributed by atoms with Crippen molar-refractivity contribution in [2.24, 2.45) is 0 Å². The van der Waals surface area contributed by atoms with Crippen molar-refractivity contribution in [1.82, 2.24) is 10.2 Å². The summed E-state index contributed by atoms with van der Waals surface area (Å²) in [6.07, 6.45) is 1.66. The van der Waals surface area contributed by atoms with E-state index in [4.69, 9.17) is 4.42 Å². The normalized spacial score (nSPS) is 11.2. The molecule has 2 rings (SSSR count). The van der Waals surface area contributed by atoms with Crippen LogP contribution in [0.15, 0.2) is 22.8 Å². The summed E-state index contributed by atoms with van der Waals surface area (Å²) in [5, 5.41) is 8.16. The predicted molar refractivity (Wildman–Crippen MR) is 63.0 cm³/mol. The number of aromatic amines is 1. The smallest absolute Gasteiger partial charge is 0.154 e. The van der Waals surface area contributed by atoms with E-state index in [1.165, 1.54) is 11.3 Å². The fraction of sp³-hybridized carbons (Fsp3) is 0.364. The SMILES string of the molecule is CC(C)c1[nH]nc(-c2ccco2)c1CBr. The fourth-order valence-electron chi connectivity index (χ4n) is 1.61. The average Bonchev–Trinajstić information content (AvgIpc) is 2.85. The molecule has 0 aliphatic heterocycles. The number of H-pyrrole nitrogens is 1. The van der Waals surface area contributed by atoms with Crippen LogP contribution in [-0.4, -0.2) is 10.2 Å². The molecule has 0 saturated carbocycles. The molecular weight excluding hydrogens is 256 g/mol. The van der Waals surface area contributed by atoms with Gasteiger partial charge in [0.25, 0.3) is 0 Å². The molecule has 0 aliphatic rings. The van der Waals surface area contributed by atoms with Gasteiger partial charge in [-0.2, -0.15) is 5.10 Å². The highest BCUT2D eigenvalue weighted by Crippen LogP contribution is 2.29. The molecule has 0 saturated heterocycles. The van der Waals surface area contributed by atoms with Gasteiger partial charge in [0.05, 0.1) is 6.26 Å². The Bertz CT molecular complexity index is 431. The van der Waals surface area contributed by atoms with Crippen molar-refractivity contribution in [2.45, 2.75) is 25.1 Å². The van der Waals surface area contributed by atoms with Gasteiger partial charge in [-0.15, -0.1) is 0 Å². The lowest BCUT2D eigenvalue weighted by molar-refractivity contribution is 0.579. The van der Waals surface area contributed by atoms with Crippen molar-refractivity contribution in [2.75, 3.05) is 0 Å². The van der Waals surface area contributed by atoms with Gasteiger partial charge >= 0.3 is 0 Å². The first-order valence-corrected chi connectivity index (χ1v) is 6.03. The van der Waals surface area contributed by atoms with E-state index in [0.29, 0.717) is 5.92 Å². The molecule has 0 spiro atoms. The Morgan fingerprint density at radius 2 is 2.33 bits per heavy atom. The summed E-state index contributed by atoms with van der Waals surface area (Å²) < 4.78 is 5.35. The van der Waals surface area contributed by atoms with Crippen molar-refractivity contribution in [3.63, 3.8) is 0 Å². The van der Waals surface area contributed by atoms with E-state index in [2.05, 4.69) is 40.0 Å². The zero-order valence-electron chi connectivity index (χ0n) is 8.75. The van der Waals surface area contributed by atoms with E-state index in [0.717, 1.165) is 16.8 Å². The van der Waals surface area contributed by atoms with Gasteiger partial charge in [-0.1, -0.05) is 29.8 Å². The van der Waals surface area contributed by atoms with Crippen LogP contribution in [0.2, 0.25) is 0 Å². The monoisotopic (exact) mass is 268 g/mol. The Kier molecular flexibility index (Phi) is 2.95. The summed E-state index contributed by atoms with van der Waals surface area (Å²) in [7, 11) is 0. The number of aromatic nitrogens is 2. The van der Waals surface area contributed by atoms with Gasteiger partial charge in [-0.3, -0.25) is 5.10 Å². The maximum Gasteiger partial charge on any atom is 0.154 e. The molecule has 0 unspecified atom stereocenters. The highest BCUT2D eigenvalue weighted by Gasteiger charge is 2.17. The first-order chi connectivity index (χ1) is 7.24. The molecular formula is C11H13BrN2O. The van der Waals surface area contributed by atoms with Crippen LogP contribution in [0.25, 0.3) is 11.5 Å². The number of furan rings is 1. The molecule has 2 heterocycles. The summed E-state index contributed by atoms with van der Waals surface area (Å²) >= 11 is 3.49. The van der Waals surface area contributed by atoms with E-state index in [-0.39, 0.29) is 0 Å². The second-order valence-corrected chi connectivity index (χ2v) is 4.29. The van der Waals surface area contributed by atoms with Crippen molar-refractivity contribution in [3.8, 4) is 11.5 Å². The number of alkyl halides is 1. The Morgan fingerprint density at radius 3 is 2.87 bits per heavy atom. The quantitative estimate of drug-likeness (QED) is 0.863. The third-order valence-corrected chi connectivity index (χ3v) is 2.93. The second-order valence-electron chi connectivity index (χ2n) is 3.73. The Balaban J connectivity index is 2.49. The molecule has 80 valence electrons. The molecule has 0 bridgehead atoms. The van der Waals surface area contributed by atoms with E-state index < -0.39 is 0 Å². The molecule has 0 amide bonds. The summed E-state index contributed by atoms with van der Waals surface area (Å²) in [5.41, 5.74) is 3.25. The maximum absolute atomic E-state index is 5.35. The zero-order chi connectivity index (χ0) is 10.8. The van der Waals surface area contributed by atoms with Crippen LogP contribution < -0.4 is 0 Å². The number of nitrogens with zero attached hydrogens (tertiary/aromatic N) is 1. The van der Waals surface area contributed by atoms with Crippen molar-refractivity contribution in [3.05, 3.63) is 29.7 Å². The first kappa shape index (κ1) is 10.5. The first-order valence-electron chi connectivity index (χ1n) is 4.91. The molecule has 0 aromatic carbocycles. The summed E-state index contributed by atoms with van der Waals surface area (Å²) in [5.74, 6) is 1.25. The number of hydrogen-bond acceptors (Lipinski definition) is 2. The lowest BCUT2D eigenvalue weighted by Gasteiger charge is -2.03. The molecule has 4 heteroatoms. The van der Waals surface area contributed by atoms with Gasteiger partial charge < -0.3 is 4.42 Å². The molecule has 0 aliphatic carbocycles. The van der Waals surface area contributed by atoms with E-state index >= 15 is 0 Å². The maximum atomic E-state index is 5.35. The molecule has 0 radical (unpaired) electrons. The number of hydrogen-bond donors (Lipinski definition) is 1. The van der Waals surface area contributed by atoms with Gasteiger partial charge in [0.2, 0.25) is 0 Å². The zero-order valence-corrected chi connectivity index (χ0v) is 10.3. The fourth-order valence-corrected chi connectivity index (χ4v) is 2.18.